The fourth-order valence-corrected chi connectivity index (χ4v) is 5.48. The number of Topliss-reactive ketones (excluding diaryl/α,β-unsaturated/α-hetero) is 1. The normalized spacial score (nSPS) is 20.0. The SMILES string of the molecule is CC(=O)[C@@]1(CCCNC(=O)c2ccc(N=C(N)N)cc2)C(=O)N(CC(=O)OCC2OC(=O)OC2C)CCN1NC(=O)c1ccc(N=C(N)N)cc1. The average molecular weight is 709 g/mol. The summed E-state index contributed by atoms with van der Waals surface area (Å²) in [6.07, 6.45) is -2.37. The Morgan fingerprint density at radius 3 is 1.96 bits per heavy atom. The van der Waals surface area contributed by atoms with E-state index in [1.807, 2.05) is 0 Å². The highest BCUT2D eigenvalue weighted by molar-refractivity contribution is 6.11. The van der Waals surface area contributed by atoms with Gasteiger partial charge in [0, 0.05) is 30.8 Å². The van der Waals surface area contributed by atoms with Crippen molar-refractivity contribution in [2.24, 2.45) is 32.9 Å². The molecule has 4 rings (SSSR count). The van der Waals surface area contributed by atoms with Gasteiger partial charge in [-0.1, -0.05) is 0 Å². The average Bonchev–Trinajstić information content (AvgIpc) is 3.40. The van der Waals surface area contributed by atoms with Crippen LogP contribution < -0.4 is 33.7 Å². The molecule has 51 heavy (non-hydrogen) atoms. The van der Waals surface area contributed by atoms with E-state index in [-0.39, 0.29) is 56.6 Å². The molecule has 19 heteroatoms. The van der Waals surface area contributed by atoms with E-state index in [2.05, 4.69) is 20.7 Å². The maximum Gasteiger partial charge on any atom is 0.509 e. The Hall–Kier alpha value is -6.24. The molecule has 0 aromatic heterocycles. The summed E-state index contributed by atoms with van der Waals surface area (Å²) in [5.41, 5.74) is 23.7. The van der Waals surface area contributed by atoms with E-state index in [1.165, 1.54) is 48.3 Å². The molecule has 0 radical (unpaired) electrons. The van der Waals surface area contributed by atoms with Crippen LogP contribution in [0.2, 0.25) is 0 Å². The summed E-state index contributed by atoms with van der Waals surface area (Å²) < 4.78 is 15.1. The summed E-state index contributed by atoms with van der Waals surface area (Å²) >= 11 is 0. The van der Waals surface area contributed by atoms with Crippen molar-refractivity contribution in [1.29, 1.82) is 0 Å². The minimum atomic E-state index is -1.96. The fourth-order valence-electron chi connectivity index (χ4n) is 5.48. The monoisotopic (exact) mass is 708 g/mol. The number of hydrogen-bond donors (Lipinski definition) is 6. The number of nitrogens with two attached hydrogens (primary N) is 4. The van der Waals surface area contributed by atoms with Crippen LogP contribution in [0.3, 0.4) is 0 Å². The number of ketones is 1. The number of carbonyl (C=O) groups is 6. The smallest absolute Gasteiger partial charge is 0.460 e. The summed E-state index contributed by atoms with van der Waals surface area (Å²) in [7, 11) is 0. The molecule has 0 saturated carbocycles. The van der Waals surface area contributed by atoms with Crippen LogP contribution in [-0.4, -0.2) is 108 Å². The minimum absolute atomic E-state index is 0.0456. The van der Waals surface area contributed by atoms with E-state index in [4.69, 9.17) is 37.1 Å². The lowest BCUT2D eigenvalue weighted by atomic mass is 9.84. The number of rotatable bonds is 14. The zero-order chi connectivity index (χ0) is 37.3. The van der Waals surface area contributed by atoms with Gasteiger partial charge in [-0.3, -0.25) is 29.4 Å². The molecule has 0 bridgehead atoms. The van der Waals surface area contributed by atoms with Crippen LogP contribution in [0.15, 0.2) is 58.5 Å². The van der Waals surface area contributed by atoms with E-state index >= 15 is 0 Å². The predicted molar refractivity (Wildman–Crippen MR) is 181 cm³/mol. The minimum Gasteiger partial charge on any atom is -0.460 e. The first-order chi connectivity index (χ1) is 24.2. The van der Waals surface area contributed by atoms with Crippen LogP contribution in [0.5, 0.6) is 0 Å². The molecule has 2 fully saturated rings. The van der Waals surface area contributed by atoms with Gasteiger partial charge in [0.1, 0.15) is 19.3 Å². The molecule has 2 aromatic carbocycles. The van der Waals surface area contributed by atoms with E-state index in [9.17, 15) is 28.8 Å². The number of piperazine rings is 1. The van der Waals surface area contributed by atoms with Gasteiger partial charge in [-0.25, -0.2) is 14.8 Å². The number of hydrogen-bond acceptors (Lipinski definition) is 12. The standard InChI is InChI=1S/C32H40N10O9/c1-18-24(51-31(48)50-18)17-49-25(44)16-41-14-15-42(40-27(46)21-6-10-23(11-7-21)39-30(35)36)32(19(2)43,28(41)47)12-3-13-37-26(45)20-4-8-22(9-5-20)38-29(33)34/h4-11,18,24H,3,12-17H2,1-2H3,(H,37,45)(H,40,46)(H4,33,34,38)(H4,35,36,39)/t18?,24?,32-/m0/s1. The van der Waals surface area contributed by atoms with Crippen LogP contribution in [0.4, 0.5) is 16.2 Å². The number of guanidine groups is 2. The van der Waals surface area contributed by atoms with Crippen molar-refractivity contribution in [1.82, 2.24) is 20.7 Å². The summed E-state index contributed by atoms with van der Waals surface area (Å²) in [6.45, 7) is 1.90. The van der Waals surface area contributed by atoms with Gasteiger partial charge in [-0.15, -0.1) is 0 Å². The van der Waals surface area contributed by atoms with Crippen molar-refractivity contribution in [3.63, 3.8) is 0 Å². The largest absolute Gasteiger partial charge is 0.509 e. The van der Waals surface area contributed by atoms with E-state index in [1.54, 1.807) is 19.1 Å². The lowest BCUT2D eigenvalue weighted by Crippen LogP contribution is -2.73. The molecule has 0 aliphatic carbocycles. The Bertz CT molecular complexity index is 1710. The number of benzene rings is 2. The van der Waals surface area contributed by atoms with Gasteiger partial charge < -0.3 is 47.4 Å². The van der Waals surface area contributed by atoms with Gasteiger partial charge in [0.25, 0.3) is 17.7 Å². The second-order valence-corrected chi connectivity index (χ2v) is 11.7. The zero-order valence-electron chi connectivity index (χ0n) is 28.0. The van der Waals surface area contributed by atoms with E-state index < -0.39 is 59.9 Å². The molecule has 0 spiro atoms. The Morgan fingerprint density at radius 1 is 0.882 bits per heavy atom. The lowest BCUT2D eigenvalue weighted by molar-refractivity contribution is -0.167. The maximum atomic E-state index is 14.2. The third kappa shape index (κ3) is 9.47. The summed E-state index contributed by atoms with van der Waals surface area (Å²) in [5, 5.41) is 4.01. The van der Waals surface area contributed by atoms with E-state index in [0.29, 0.717) is 16.9 Å². The first kappa shape index (κ1) is 37.6. The van der Waals surface area contributed by atoms with Gasteiger partial charge in [0.2, 0.25) is 0 Å². The summed E-state index contributed by atoms with van der Waals surface area (Å²) in [5.74, 6) is -3.53. The molecule has 3 atom stereocenters. The van der Waals surface area contributed by atoms with Crippen LogP contribution in [0.1, 0.15) is 47.4 Å². The number of hydrazine groups is 1. The first-order valence-electron chi connectivity index (χ1n) is 15.8. The highest BCUT2D eigenvalue weighted by Crippen LogP contribution is 2.29. The Balaban J connectivity index is 1.49. The number of cyclic esters (lactones) is 2. The molecule has 272 valence electrons. The first-order valence-corrected chi connectivity index (χ1v) is 15.8. The zero-order valence-corrected chi connectivity index (χ0v) is 28.0. The van der Waals surface area contributed by atoms with E-state index in [0.717, 1.165) is 4.90 Å². The number of ether oxygens (including phenoxy) is 3. The molecular weight excluding hydrogens is 668 g/mol. The number of nitrogens with zero attached hydrogens (tertiary/aromatic N) is 4. The number of carbonyl (C=O) groups excluding carboxylic acids is 6. The molecule has 2 unspecified atom stereocenters. The molecule has 3 amide bonds. The number of aliphatic imine (C=N–C) groups is 2. The highest BCUT2D eigenvalue weighted by Gasteiger charge is 2.54. The van der Waals surface area contributed by atoms with Crippen molar-refractivity contribution in [3.05, 3.63) is 59.7 Å². The molecule has 2 saturated heterocycles. The molecule has 2 aromatic rings. The number of amides is 3. The number of esters is 1. The van der Waals surface area contributed by atoms with Crippen LogP contribution >= 0.6 is 0 Å². The van der Waals surface area contributed by atoms with Crippen molar-refractivity contribution in [2.75, 3.05) is 32.8 Å². The van der Waals surface area contributed by atoms with Gasteiger partial charge >= 0.3 is 12.1 Å². The molecule has 2 aliphatic rings. The second-order valence-electron chi connectivity index (χ2n) is 11.7. The molecule has 2 aliphatic heterocycles. The Morgan fingerprint density at radius 2 is 1.45 bits per heavy atom. The van der Waals surface area contributed by atoms with Crippen molar-refractivity contribution in [3.8, 4) is 0 Å². The lowest BCUT2D eigenvalue weighted by Gasteiger charge is -2.47. The maximum absolute atomic E-state index is 14.2. The molecule has 19 nitrogen and oxygen atoms in total. The van der Waals surface area contributed by atoms with Crippen molar-refractivity contribution < 1.29 is 43.0 Å². The Kier molecular flexibility index (Phi) is 12.1. The second kappa shape index (κ2) is 16.4. The van der Waals surface area contributed by atoms with Crippen molar-refractivity contribution in [2.45, 2.75) is 44.4 Å². The Labute approximate surface area is 292 Å². The number of nitrogens with one attached hydrogen (secondary N) is 2. The molecule has 10 N–H and O–H groups in total. The third-order valence-corrected chi connectivity index (χ3v) is 8.07. The topological polar surface area (TPSA) is 289 Å². The molecule has 2 heterocycles. The predicted octanol–water partition coefficient (Wildman–Crippen LogP) is -0.709. The van der Waals surface area contributed by atoms with Crippen LogP contribution in [-0.2, 0) is 28.6 Å². The molecular formula is C32H40N10O9. The van der Waals surface area contributed by atoms with Gasteiger partial charge in [-0.05, 0) is 75.2 Å². The van der Waals surface area contributed by atoms with Gasteiger partial charge in [0.05, 0.1) is 11.4 Å². The van der Waals surface area contributed by atoms with Crippen LogP contribution in [0.25, 0.3) is 0 Å². The third-order valence-electron chi connectivity index (χ3n) is 8.07. The summed E-state index contributed by atoms with van der Waals surface area (Å²) in [6, 6.07) is 12.1. The quantitative estimate of drug-likeness (QED) is 0.0465. The van der Waals surface area contributed by atoms with Crippen LogP contribution in [0, 0.1) is 0 Å². The summed E-state index contributed by atoms with van der Waals surface area (Å²) in [4.78, 5) is 87.0. The fraction of sp³-hybridized carbons (Fsp3) is 0.375. The highest BCUT2D eigenvalue weighted by atomic mass is 16.8. The van der Waals surface area contributed by atoms with Gasteiger partial charge in [-0.2, -0.15) is 5.01 Å². The van der Waals surface area contributed by atoms with Gasteiger partial charge in [0.15, 0.2) is 29.3 Å². The van der Waals surface area contributed by atoms with Crippen molar-refractivity contribution >= 4 is 58.9 Å².